The highest BCUT2D eigenvalue weighted by Crippen LogP contribution is 2.18. The molecular weight excluding hydrogens is 421 g/mol. The van der Waals surface area contributed by atoms with E-state index in [1.54, 1.807) is 61.5 Å². The fourth-order valence-electron chi connectivity index (χ4n) is 2.94. The first-order valence-electron chi connectivity index (χ1n) is 10.5. The van der Waals surface area contributed by atoms with Gasteiger partial charge in [0.05, 0.1) is 24.5 Å². The van der Waals surface area contributed by atoms with Gasteiger partial charge in [0.1, 0.15) is 11.6 Å². The van der Waals surface area contributed by atoms with Crippen molar-refractivity contribution in [1.82, 2.24) is 0 Å². The second-order valence-electron chi connectivity index (χ2n) is 7.56. The SMILES string of the molecule is C[C@@H](CCOc1cccc(NC(=O)Cc2ccc(C#Cc3ccccc3F)cc2)c1)C(=O)O. The van der Waals surface area contributed by atoms with Gasteiger partial charge in [0.2, 0.25) is 5.91 Å². The van der Waals surface area contributed by atoms with E-state index in [1.807, 2.05) is 12.1 Å². The minimum Gasteiger partial charge on any atom is -0.493 e. The predicted molar refractivity (Wildman–Crippen MR) is 125 cm³/mol. The lowest BCUT2D eigenvalue weighted by molar-refractivity contribution is -0.141. The topological polar surface area (TPSA) is 75.6 Å². The minimum atomic E-state index is -0.857. The highest BCUT2D eigenvalue weighted by atomic mass is 19.1. The van der Waals surface area contributed by atoms with Crippen molar-refractivity contribution in [3.05, 3.63) is 95.3 Å². The second-order valence-corrected chi connectivity index (χ2v) is 7.56. The third-order valence-electron chi connectivity index (χ3n) is 4.89. The molecule has 3 rings (SSSR count). The molecule has 3 aromatic rings. The molecule has 168 valence electrons. The van der Waals surface area contributed by atoms with E-state index in [1.165, 1.54) is 6.07 Å². The molecule has 0 aliphatic heterocycles. The second kappa shape index (κ2) is 11.5. The van der Waals surface area contributed by atoms with E-state index >= 15 is 0 Å². The molecule has 2 N–H and O–H groups in total. The Morgan fingerprint density at radius 3 is 2.52 bits per heavy atom. The summed E-state index contributed by atoms with van der Waals surface area (Å²) in [6.07, 6.45) is 0.578. The van der Waals surface area contributed by atoms with Crippen molar-refractivity contribution in [3.63, 3.8) is 0 Å². The number of ether oxygens (including phenoxy) is 1. The molecule has 0 unspecified atom stereocenters. The molecule has 5 nitrogen and oxygen atoms in total. The van der Waals surface area contributed by atoms with Crippen LogP contribution in [0.2, 0.25) is 0 Å². The summed E-state index contributed by atoms with van der Waals surface area (Å²) in [5, 5.41) is 11.8. The average Bonchev–Trinajstić information content (AvgIpc) is 2.79. The Bertz CT molecular complexity index is 1180. The lowest BCUT2D eigenvalue weighted by Gasteiger charge is -2.11. The summed E-state index contributed by atoms with van der Waals surface area (Å²) < 4.78 is 19.2. The van der Waals surface area contributed by atoms with E-state index in [0.717, 1.165) is 11.1 Å². The maximum atomic E-state index is 13.6. The lowest BCUT2D eigenvalue weighted by Crippen LogP contribution is -2.15. The van der Waals surface area contributed by atoms with Gasteiger partial charge in [-0.25, -0.2) is 4.39 Å². The van der Waals surface area contributed by atoms with Gasteiger partial charge in [0.15, 0.2) is 0 Å². The third-order valence-corrected chi connectivity index (χ3v) is 4.89. The maximum Gasteiger partial charge on any atom is 0.306 e. The molecular formula is C27H24FNO4. The number of aliphatic carboxylic acids is 1. The van der Waals surface area contributed by atoms with Gasteiger partial charge in [0, 0.05) is 17.3 Å². The number of carbonyl (C=O) groups excluding carboxylic acids is 1. The van der Waals surface area contributed by atoms with E-state index in [-0.39, 0.29) is 24.8 Å². The van der Waals surface area contributed by atoms with Gasteiger partial charge in [0.25, 0.3) is 0 Å². The van der Waals surface area contributed by atoms with Gasteiger partial charge >= 0.3 is 5.97 Å². The normalized spacial score (nSPS) is 11.1. The van der Waals surface area contributed by atoms with Gasteiger partial charge in [-0.2, -0.15) is 0 Å². The summed E-state index contributed by atoms with van der Waals surface area (Å²) in [6, 6.07) is 20.5. The van der Waals surface area contributed by atoms with Gasteiger partial charge in [-0.15, -0.1) is 0 Å². The van der Waals surface area contributed by atoms with Crippen LogP contribution in [-0.2, 0) is 16.0 Å². The number of amides is 1. The maximum absolute atomic E-state index is 13.6. The Morgan fingerprint density at radius 2 is 1.79 bits per heavy atom. The zero-order valence-corrected chi connectivity index (χ0v) is 18.2. The average molecular weight is 445 g/mol. The molecule has 0 aromatic heterocycles. The third kappa shape index (κ3) is 7.51. The Morgan fingerprint density at radius 1 is 1.03 bits per heavy atom. The summed E-state index contributed by atoms with van der Waals surface area (Å²) in [6.45, 7) is 1.90. The molecule has 0 radical (unpaired) electrons. The van der Waals surface area contributed by atoms with Crippen LogP contribution < -0.4 is 10.1 Å². The molecule has 0 saturated heterocycles. The molecule has 6 heteroatoms. The van der Waals surface area contributed by atoms with Gasteiger partial charge in [-0.1, -0.05) is 49.1 Å². The molecule has 0 aliphatic carbocycles. The molecule has 0 aliphatic rings. The molecule has 33 heavy (non-hydrogen) atoms. The minimum absolute atomic E-state index is 0.183. The summed E-state index contributed by atoms with van der Waals surface area (Å²) >= 11 is 0. The van der Waals surface area contributed by atoms with Crippen molar-refractivity contribution in [3.8, 4) is 17.6 Å². The summed E-state index contributed by atoms with van der Waals surface area (Å²) in [7, 11) is 0. The molecule has 1 atom stereocenters. The predicted octanol–water partition coefficient (Wildman–Crippen LogP) is 4.90. The summed E-state index contributed by atoms with van der Waals surface area (Å²) in [4.78, 5) is 23.3. The number of hydrogen-bond donors (Lipinski definition) is 2. The molecule has 0 saturated carbocycles. The molecule has 0 bridgehead atoms. The number of nitrogens with one attached hydrogen (secondary N) is 1. The van der Waals surface area contributed by atoms with Crippen molar-refractivity contribution < 1.29 is 23.8 Å². The number of anilines is 1. The first-order valence-corrected chi connectivity index (χ1v) is 10.5. The van der Waals surface area contributed by atoms with Crippen molar-refractivity contribution in [1.29, 1.82) is 0 Å². The van der Waals surface area contributed by atoms with Crippen molar-refractivity contribution in [2.45, 2.75) is 19.8 Å². The fraction of sp³-hybridized carbons (Fsp3) is 0.185. The molecule has 1 amide bonds. The quantitative estimate of drug-likeness (QED) is 0.484. The molecule has 0 heterocycles. The molecule has 0 fully saturated rings. The molecule has 3 aromatic carbocycles. The smallest absolute Gasteiger partial charge is 0.306 e. The number of carbonyl (C=O) groups is 2. The van der Waals surface area contributed by atoms with Crippen LogP contribution in [0.1, 0.15) is 30.0 Å². The van der Waals surface area contributed by atoms with Crippen LogP contribution in [0.3, 0.4) is 0 Å². The molecule has 0 spiro atoms. The van der Waals surface area contributed by atoms with Crippen molar-refractivity contribution >= 4 is 17.6 Å². The fourth-order valence-corrected chi connectivity index (χ4v) is 2.94. The number of carboxylic acids is 1. The van der Waals surface area contributed by atoms with Gasteiger partial charge in [-0.3, -0.25) is 9.59 Å². The number of hydrogen-bond acceptors (Lipinski definition) is 3. The zero-order chi connectivity index (χ0) is 23.6. The monoisotopic (exact) mass is 445 g/mol. The van der Waals surface area contributed by atoms with E-state index in [9.17, 15) is 14.0 Å². The van der Waals surface area contributed by atoms with E-state index in [2.05, 4.69) is 17.2 Å². The van der Waals surface area contributed by atoms with Gasteiger partial charge in [-0.05, 0) is 48.4 Å². The van der Waals surface area contributed by atoms with Crippen LogP contribution >= 0.6 is 0 Å². The number of halogens is 1. The Kier molecular flexibility index (Phi) is 8.20. The Labute approximate surface area is 192 Å². The van der Waals surface area contributed by atoms with Crippen LogP contribution in [0.5, 0.6) is 5.75 Å². The number of benzene rings is 3. The zero-order valence-electron chi connectivity index (χ0n) is 18.2. The first kappa shape index (κ1) is 23.6. The van der Waals surface area contributed by atoms with E-state index in [0.29, 0.717) is 23.4 Å². The number of rotatable bonds is 8. The van der Waals surface area contributed by atoms with Crippen LogP contribution in [-0.4, -0.2) is 23.6 Å². The van der Waals surface area contributed by atoms with Crippen LogP contribution in [0.4, 0.5) is 10.1 Å². The van der Waals surface area contributed by atoms with Crippen molar-refractivity contribution in [2.75, 3.05) is 11.9 Å². The van der Waals surface area contributed by atoms with Gasteiger partial charge < -0.3 is 15.2 Å². The van der Waals surface area contributed by atoms with E-state index < -0.39 is 11.9 Å². The Hall–Kier alpha value is -4.11. The summed E-state index contributed by atoms with van der Waals surface area (Å²) in [5.74, 6) is 4.41. The largest absolute Gasteiger partial charge is 0.493 e. The highest BCUT2D eigenvalue weighted by molar-refractivity contribution is 5.92. The number of carboxylic acid groups (broad SMARTS) is 1. The lowest BCUT2D eigenvalue weighted by atomic mass is 10.1. The summed E-state index contributed by atoms with van der Waals surface area (Å²) in [5.41, 5.74) is 2.48. The van der Waals surface area contributed by atoms with Crippen LogP contribution in [0.25, 0.3) is 0 Å². The van der Waals surface area contributed by atoms with Crippen LogP contribution in [0.15, 0.2) is 72.8 Å². The standard InChI is InChI=1S/C27H24FNO4/c1-19(27(31)32)15-16-33-24-7-4-6-23(18-24)29-26(30)17-21-11-9-20(10-12-21)13-14-22-5-2-3-8-25(22)28/h2-12,18-19H,15-17H2,1H3,(H,29,30)(H,31,32)/t19-/m0/s1. The van der Waals surface area contributed by atoms with E-state index in [4.69, 9.17) is 9.84 Å². The van der Waals surface area contributed by atoms with Crippen molar-refractivity contribution in [2.24, 2.45) is 5.92 Å². The Balaban J connectivity index is 1.53. The van der Waals surface area contributed by atoms with Crippen LogP contribution in [0, 0.1) is 23.6 Å². The first-order chi connectivity index (χ1) is 15.9. The highest BCUT2D eigenvalue weighted by Gasteiger charge is 2.11.